The second kappa shape index (κ2) is 14.9. The summed E-state index contributed by atoms with van der Waals surface area (Å²) in [5.74, 6) is 0. The van der Waals surface area contributed by atoms with Gasteiger partial charge in [-0.1, -0.05) is 144 Å². The van der Waals surface area contributed by atoms with Crippen molar-refractivity contribution in [3.8, 4) is 33.4 Å². The second-order valence-corrected chi connectivity index (χ2v) is 13.8. The fourth-order valence-corrected chi connectivity index (χ4v) is 6.87. The minimum atomic E-state index is 1.12. The summed E-state index contributed by atoms with van der Waals surface area (Å²) in [6.45, 7) is 6.38. The van der Waals surface area contributed by atoms with Gasteiger partial charge in [0.2, 0.25) is 0 Å². The molecule has 8 aromatic carbocycles. The molecule has 0 amide bonds. The molecule has 0 spiro atoms. The quantitative estimate of drug-likeness (QED) is 0.149. The first-order valence-corrected chi connectivity index (χ1v) is 18.3. The fourth-order valence-electron chi connectivity index (χ4n) is 6.87. The molecule has 8 rings (SSSR count). The van der Waals surface area contributed by atoms with Crippen molar-refractivity contribution in [1.82, 2.24) is 0 Å². The van der Waals surface area contributed by atoms with Gasteiger partial charge in [0, 0.05) is 34.1 Å². The predicted octanol–water partition coefficient (Wildman–Crippen LogP) is 14.6. The summed E-state index contributed by atoms with van der Waals surface area (Å²) in [5.41, 5.74) is 17.7. The highest BCUT2D eigenvalue weighted by atomic mass is 15.1. The van der Waals surface area contributed by atoms with Crippen molar-refractivity contribution in [3.63, 3.8) is 0 Å². The first-order chi connectivity index (χ1) is 26.0. The van der Waals surface area contributed by atoms with Crippen molar-refractivity contribution in [1.29, 1.82) is 0 Å². The zero-order valence-electron chi connectivity index (χ0n) is 30.4. The van der Waals surface area contributed by atoms with Crippen LogP contribution in [0.5, 0.6) is 0 Å². The summed E-state index contributed by atoms with van der Waals surface area (Å²) < 4.78 is 0. The average molecular weight is 683 g/mol. The molecule has 0 radical (unpaired) electrons. The van der Waals surface area contributed by atoms with Crippen molar-refractivity contribution in [3.05, 3.63) is 217 Å². The van der Waals surface area contributed by atoms with Gasteiger partial charge in [-0.25, -0.2) is 0 Å². The predicted molar refractivity (Wildman–Crippen MR) is 226 cm³/mol. The van der Waals surface area contributed by atoms with Crippen LogP contribution < -0.4 is 9.80 Å². The third-order valence-corrected chi connectivity index (χ3v) is 9.91. The number of aryl methyl sites for hydroxylation is 3. The Bertz CT molecular complexity index is 2350. The summed E-state index contributed by atoms with van der Waals surface area (Å²) in [6, 6.07) is 72.3. The van der Waals surface area contributed by atoms with Crippen LogP contribution in [0.25, 0.3) is 33.4 Å². The molecule has 0 atom stereocenters. The highest BCUT2D eigenvalue weighted by Crippen LogP contribution is 2.38. The molecule has 0 heterocycles. The monoisotopic (exact) mass is 682 g/mol. The lowest BCUT2D eigenvalue weighted by Gasteiger charge is -2.26. The van der Waals surface area contributed by atoms with Crippen LogP contribution in [0.1, 0.15) is 16.7 Å². The molecule has 0 bridgehead atoms. The van der Waals surface area contributed by atoms with Crippen molar-refractivity contribution < 1.29 is 0 Å². The van der Waals surface area contributed by atoms with Crippen LogP contribution in [0, 0.1) is 20.8 Å². The molecule has 0 unspecified atom stereocenters. The minimum absolute atomic E-state index is 1.12. The molecule has 0 fully saturated rings. The van der Waals surface area contributed by atoms with E-state index in [0.717, 1.165) is 34.1 Å². The van der Waals surface area contributed by atoms with Crippen molar-refractivity contribution in [2.24, 2.45) is 0 Å². The lowest BCUT2D eigenvalue weighted by molar-refractivity contribution is 1.27. The summed E-state index contributed by atoms with van der Waals surface area (Å²) in [7, 11) is 0. The summed E-state index contributed by atoms with van der Waals surface area (Å²) in [5, 5.41) is 0. The van der Waals surface area contributed by atoms with Gasteiger partial charge in [0.1, 0.15) is 0 Å². The number of hydrogen-bond donors (Lipinski definition) is 0. The van der Waals surface area contributed by atoms with Crippen LogP contribution in [-0.4, -0.2) is 0 Å². The van der Waals surface area contributed by atoms with Gasteiger partial charge in [0.15, 0.2) is 0 Å². The summed E-state index contributed by atoms with van der Waals surface area (Å²) in [6.07, 6.45) is 0. The Labute approximate surface area is 313 Å². The SMILES string of the molecule is Cc1ccc(N(c2ccc(C)cc2)c2ccc(-c3ccc(-c4ccc(N(c5ccc(C)cc5)c5ccc(-c6ccccc6)cc5)cc4)cc3)cc2)cc1. The smallest absolute Gasteiger partial charge is 0.0462 e. The maximum atomic E-state index is 2.32. The Kier molecular flexibility index (Phi) is 9.43. The lowest BCUT2D eigenvalue weighted by Crippen LogP contribution is -2.09. The van der Waals surface area contributed by atoms with Gasteiger partial charge < -0.3 is 9.80 Å². The van der Waals surface area contributed by atoms with Crippen LogP contribution >= 0.6 is 0 Å². The fraction of sp³-hybridized carbons (Fsp3) is 0.0588. The second-order valence-electron chi connectivity index (χ2n) is 13.8. The van der Waals surface area contributed by atoms with E-state index >= 15 is 0 Å². The van der Waals surface area contributed by atoms with E-state index in [0.29, 0.717) is 0 Å². The molecule has 0 saturated carbocycles. The number of hydrogen-bond acceptors (Lipinski definition) is 2. The van der Waals surface area contributed by atoms with E-state index in [9.17, 15) is 0 Å². The Morgan fingerprint density at radius 2 is 0.396 bits per heavy atom. The van der Waals surface area contributed by atoms with E-state index in [1.165, 1.54) is 50.1 Å². The average Bonchev–Trinajstić information content (AvgIpc) is 3.21. The van der Waals surface area contributed by atoms with Crippen LogP contribution in [0.3, 0.4) is 0 Å². The number of nitrogens with zero attached hydrogens (tertiary/aromatic N) is 2. The third-order valence-electron chi connectivity index (χ3n) is 9.91. The van der Waals surface area contributed by atoms with Gasteiger partial charge in [0.05, 0.1) is 0 Å². The third kappa shape index (κ3) is 7.40. The first kappa shape index (κ1) is 33.5. The molecular formula is C51H42N2. The van der Waals surface area contributed by atoms with Crippen molar-refractivity contribution in [2.45, 2.75) is 20.8 Å². The van der Waals surface area contributed by atoms with E-state index in [2.05, 4.69) is 231 Å². The summed E-state index contributed by atoms with van der Waals surface area (Å²) >= 11 is 0. The zero-order chi connectivity index (χ0) is 36.1. The van der Waals surface area contributed by atoms with Crippen LogP contribution in [0.15, 0.2) is 200 Å². The minimum Gasteiger partial charge on any atom is -0.311 e. The van der Waals surface area contributed by atoms with Crippen molar-refractivity contribution >= 4 is 34.1 Å². The molecule has 0 aliphatic carbocycles. The first-order valence-electron chi connectivity index (χ1n) is 18.3. The molecule has 2 nitrogen and oxygen atoms in total. The Hall–Kier alpha value is -6.64. The van der Waals surface area contributed by atoms with E-state index in [4.69, 9.17) is 0 Å². The lowest BCUT2D eigenvalue weighted by atomic mass is 9.99. The normalized spacial score (nSPS) is 10.9. The standard InChI is InChI=1S/C51H42N2/c1-37-9-25-46(26-10-37)52(47-27-11-38(2)12-28-47)49-33-21-44(22-34-49)41-15-17-42(18-16-41)45-23-35-51(36-24-45)53(48-29-13-39(3)14-30-48)50-31-19-43(20-32-50)40-7-5-4-6-8-40/h4-36H,1-3H3. The number of anilines is 6. The van der Waals surface area contributed by atoms with E-state index in [1.54, 1.807) is 0 Å². The van der Waals surface area contributed by atoms with Crippen LogP contribution in [0.2, 0.25) is 0 Å². The molecule has 0 aromatic heterocycles. The van der Waals surface area contributed by atoms with Gasteiger partial charge in [-0.05, 0) is 127 Å². The largest absolute Gasteiger partial charge is 0.311 e. The maximum Gasteiger partial charge on any atom is 0.0462 e. The number of rotatable bonds is 9. The molecular weight excluding hydrogens is 641 g/mol. The molecule has 256 valence electrons. The van der Waals surface area contributed by atoms with Gasteiger partial charge in [-0.3, -0.25) is 0 Å². The van der Waals surface area contributed by atoms with Gasteiger partial charge in [-0.2, -0.15) is 0 Å². The molecule has 53 heavy (non-hydrogen) atoms. The Morgan fingerprint density at radius 1 is 0.208 bits per heavy atom. The number of benzene rings is 8. The molecule has 0 aliphatic heterocycles. The van der Waals surface area contributed by atoms with E-state index < -0.39 is 0 Å². The zero-order valence-corrected chi connectivity index (χ0v) is 30.4. The highest BCUT2D eigenvalue weighted by Gasteiger charge is 2.15. The Balaban J connectivity index is 1.03. The van der Waals surface area contributed by atoms with E-state index in [1.807, 2.05) is 0 Å². The summed E-state index contributed by atoms with van der Waals surface area (Å²) in [4.78, 5) is 4.64. The van der Waals surface area contributed by atoms with Gasteiger partial charge in [0.25, 0.3) is 0 Å². The van der Waals surface area contributed by atoms with Gasteiger partial charge >= 0.3 is 0 Å². The Morgan fingerprint density at radius 3 is 0.642 bits per heavy atom. The molecule has 0 saturated heterocycles. The molecule has 0 N–H and O–H groups in total. The topological polar surface area (TPSA) is 6.48 Å². The van der Waals surface area contributed by atoms with Crippen LogP contribution in [-0.2, 0) is 0 Å². The van der Waals surface area contributed by atoms with E-state index in [-0.39, 0.29) is 0 Å². The molecule has 2 heteroatoms. The maximum absolute atomic E-state index is 2.32. The van der Waals surface area contributed by atoms with Crippen LogP contribution in [0.4, 0.5) is 34.1 Å². The highest BCUT2D eigenvalue weighted by molar-refractivity contribution is 5.81. The molecule has 8 aromatic rings. The van der Waals surface area contributed by atoms with Crippen molar-refractivity contribution in [2.75, 3.05) is 9.80 Å². The van der Waals surface area contributed by atoms with Gasteiger partial charge in [-0.15, -0.1) is 0 Å². The molecule has 0 aliphatic rings.